The third-order valence-corrected chi connectivity index (χ3v) is 4.26. The summed E-state index contributed by atoms with van der Waals surface area (Å²) in [5, 5.41) is 3.01. The molecule has 2 saturated heterocycles. The van der Waals surface area contributed by atoms with Crippen LogP contribution in [0.15, 0.2) is 12.4 Å². The highest BCUT2D eigenvalue weighted by atomic mass is 16.5. The van der Waals surface area contributed by atoms with Crippen LogP contribution in [0.25, 0.3) is 0 Å². The first kappa shape index (κ1) is 16.1. The van der Waals surface area contributed by atoms with Crippen LogP contribution in [0.3, 0.4) is 0 Å². The Morgan fingerprint density at radius 3 is 2.65 bits per heavy atom. The number of methoxy groups -OCH3 is 1. The number of carbonyl (C=O) groups excluding carboxylic acids is 1. The molecule has 0 unspecified atom stereocenters. The molecule has 0 aliphatic carbocycles. The lowest BCUT2D eigenvalue weighted by atomic mass is 10.2. The van der Waals surface area contributed by atoms with Crippen LogP contribution in [0.4, 0.5) is 5.95 Å². The maximum absolute atomic E-state index is 12.4. The number of carbonyl (C=O) groups is 1. The first-order valence-corrected chi connectivity index (χ1v) is 7.84. The van der Waals surface area contributed by atoms with E-state index in [4.69, 9.17) is 9.47 Å². The summed E-state index contributed by atoms with van der Waals surface area (Å²) in [6, 6.07) is -0.0172. The summed E-state index contributed by atoms with van der Waals surface area (Å²) in [5.41, 5.74) is 0.464. The number of nitrogens with one attached hydrogen (secondary N) is 1. The quantitative estimate of drug-likeness (QED) is 0.791. The van der Waals surface area contributed by atoms with Crippen LogP contribution in [-0.4, -0.2) is 86.5 Å². The van der Waals surface area contributed by atoms with Gasteiger partial charge in [-0.25, -0.2) is 9.97 Å². The van der Waals surface area contributed by atoms with Gasteiger partial charge >= 0.3 is 0 Å². The van der Waals surface area contributed by atoms with Crippen LogP contribution in [0.1, 0.15) is 10.4 Å². The monoisotopic (exact) mass is 321 g/mol. The van der Waals surface area contributed by atoms with E-state index in [2.05, 4.69) is 25.1 Å². The van der Waals surface area contributed by atoms with E-state index in [1.807, 2.05) is 7.05 Å². The van der Waals surface area contributed by atoms with Crippen molar-refractivity contribution < 1.29 is 14.3 Å². The number of anilines is 1. The average Bonchev–Trinajstić information content (AvgIpc) is 2.95. The van der Waals surface area contributed by atoms with Crippen LogP contribution in [0.2, 0.25) is 0 Å². The molecule has 3 rings (SSSR count). The average molecular weight is 321 g/mol. The molecule has 0 aromatic carbocycles. The van der Waals surface area contributed by atoms with Crippen LogP contribution in [0, 0.1) is 0 Å². The summed E-state index contributed by atoms with van der Waals surface area (Å²) < 4.78 is 10.7. The van der Waals surface area contributed by atoms with Gasteiger partial charge in [0, 0.05) is 45.7 Å². The SMILES string of the molecule is CO[C@H]1CN(C)C[C@@H]1NC(=O)c1cnc(N2CCOCC2)nc1. The van der Waals surface area contributed by atoms with Gasteiger partial charge in [-0.15, -0.1) is 0 Å². The Morgan fingerprint density at radius 1 is 1.30 bits per heavy atom. The molecule has 0 radical (unpaired) electrons. The van der Waals surface area contributed by atoms with Gasteiger partial charge < -0.3 is 24.6 Å². The van der Waals surface area contributed by atoms with E-state index >= 15 is 0 Å². The molecular weight excluding hydrogens is 298 g/mol. The molecule has 1 N–H and O–H groups in total. The zero-order chi connectivity index (χ0) is 16.2. The van der Waals surface area contributed by atoms with Gasteiger partial charge in [-0.1, -0.05) is 0 Å². The fraction of sp³-hybridized carbons (Fsp3) is 0.667. The normalized spacial score (nSPS) is 25.6. The lowest BCUT2D eigenvalue weighted by molar-refractivity contribution is 0.0765. The Kier molecular flexibility index (Phi) is 5.04. The summed E-state index contributed by atoms with van der Waals surface area (Å²) in [7, 11) is 3.68. The highest BCUT2D eigenvalue weighted by molar-refractivity contribution is 5.93. The molecule has 2 fully saturated rings. The third kappa shape index (κ3) is 3.77. The molecule has 2 atom stereocenters. The van der Waals surface area contributed by atoms with E-state index in [0.29, 0.717) is 24.7 Å². The summed E-state index contributed by atoms with van der Waals surface area (Å²) in [6.07, 6.45) is 3.17. The second-order valence-corrected chi connectivity index (χ2v) is 5.95. The van der Waals surface area contributed by atoms with Gasteiger partial charge in [0.15, 0.2) is 0 Å². The van der Waals surface area contributed by atoms with Crippen molar-refractivity contribution in [2.45, 2.75) is 12.1 Å². The molecule has 23 heavy (non-hydrogen) atoms. The Morgan fingerprint density at radius 2 is 2.00 bits per heavy atom. The van der Waals surface area contributed by atoms with E-state index in [0.717, 1.165) is 26.2 Å². The molecule has 0 saturated carbocycles. The van der Waals surface area contributed by atoms with Crippen molar-refractivity contribution in [2.75, 3.05) is 58.5 Å². The molecule has 3 heterocycles. The summed E-state index contributed by atoms with van der Waals surface area (Å²) >= 11 is 0. The first-order valence-electron chi connectivity index (χ1n) is 7.84. The number of hydrogen-bond acceptors (Lipinski definition) is 7. The van der Waals surface area contributed by atoms with E-state index < -0.39 is 0 Å². The maximum atomic E-state index is 12.4. The predicted molar refractivity (Wildman–Crippen MR) is 84.6 cm³/mol. The largest absolute Gasteiger partial charge is 0.378 e. The van der Waals surface area contributed by atoms with Crippen molar-refractivity contribution in [3.8, 4) is 0 Å². The zero-order valence-electron chi connectivity index (χ0n) is 13.6. The van der Waals surface area contributed by atoms with E-state index in [1.165, 1.54) is 0 Å². The highest BCUT2D eigenvalue weighted by Gasteiger charge is 2.32. The molecule has 0 spiro atoms. The summed E-state index contributed by atoms with van der Waals surface area (Å²) in [5.74, 6) is 0.473. The number of amides is 1. The fourth-order valence-corrected chi connectivity index (χ4v) is 2.96. The molecule has 2 aliphatic rings. The molecule has 1 amide bonds. The van der Waals surface area contributed by atoms with Gasteiger partial charge in [0.1, 0.15) is 0 Å². The van der Waals surface area contributed by atoms with Crippen LogP contribution in [-0.2, 0) is 9.47 Å². The minimum atomic E-state index is -0.166. The number of hydrogen-bond donors (Lipinski definition) is 1. The van der Waals surface area contributed by atoms with Gasteiger partial charge in [0.2, 0.25) is 5.95 Å². The second-order valence-electron chi connectivity index (χ2n) is 5.95. The van der Waals surface area contributed by atoms with E-state index in [9.17, 15) is 4.79 Å². The fourth-order valence-electron chi connectivity index (χ4n) is 2.96. The third-order valence-electron chi connectivity index (χ3n) is 4.26. The zero-order valence-corrected chi connectivity index (χ0v) is 13.6. The Bertz CT molecular complexity index is 532. The van der Waals surface area contributed by atoms with Gasteiger partial charge in [-0.2, -0.15) is 0 Å². The van der Waals surface area contributed by atoms with Gasteiger partial charge in [-0.05, 0) is 7.05 Å². The molecule has 0 bridgehead atoms. The molecule has 1 aromatic rings. The minimum absolute atomic E-state index is 0.0116. The van der Waals surface area contributed by atoms with Crippen molar-refractivity contribution in [1.29, 1.82) is 0 Å². The van der Waals surface area contributed by atoms with Gasteiger partial charge in [0.25, 0.3) is 5.91 Å². The summed E-state index contributed by atoms with van der Waals surface area (Å²) in [6.45, 7) is 4.49. The molecule has 126 valence electrons. The molecular formula is C15H23N5O3. The maximum Gasteiger partial charge on any atom is 0.254 e. The van der Waals surface area contributed by atoms with E-state index in [1.54, 1.807) is 19.5 Å². The van der Waals surface area contributed by atoms with Crippen molar-refractivity contribution in [1.82, 2.24) is 20.2 Å². The number of aromatic nitrogens is 2. The number of ether oxygens (including phenoxy) is 2. The highest BCUT2D eigenvalue weighted by Crippen LogP contribution is 2.13. The van der Waals surface area contributed by atoms with Crippen LogP contribution in [0.5, 0.6) is 0 Å². The number of likely N-dealkylation sites (tertiary alicyclic amines) is 1. The van der Waals surface area contributed by atoms with Crippen molar-refractivity contribution in [3.05, 3.63) is 18.0 Å². The first-order chi connectivity index (χ1) is 11.2. The van der Waals surface area contributed by atoms with Crippen molar-refractivity contribution >= 4 is 11.9 Å². The lowest BCUT2D eigenvalue weighted by Crippen LogP contribution is -2.43. The van der Waals surface area contributed by atoms with Crippen LogP contribution >= 0.6 is 0 Å². The topological polar surface area (TPSA) is 79.8 Å². The molecule has 2 aliphatic heterocycles. The van der Waals surface area contributed by atoms with Gasteiger partial charge in [0.05, 0.1) is 30.9 Å². The van der Waals surface area contributed by atoms with Gasteiger partial charge in [-0.3, -0.25) is 4.79 Å². The number of likely N-dealkylation sites (N-methyl/N-ethyl adjacent to an activating group) is 1. The molecule has 8 nitrogen and oxygen atoms in total. The van der Waals surface area contributed by atoms with Crippen molar-refractivity contribution in [2.24, 2.45) is 0 Å². The standard InChI is InChI=1S/C15H23N5O3/c1-19-9-12(13(10-19)22-2)18-14(21)11-7-16-15(17-8-11)20-3-5-23-6-4-20/h7-8,12-13H,3-6,9-10H2,1-2H3,(H,18,21)/t12-,13-/m0/s1. The molecule has 1 aromatic heterocycles. The number of rotatable bonds is 4. The minimum Gasteiger partial charge on any atom is -0.378 e. The number of morpholine rings is 1. The Labute approximate surface area is 135 Å². The number of nitrogens with zero attached hydrogens (tertiary/aromatic N) is 4. The Hall–Kier alpha value is -1.77. The van der Waals surface area contributed by atoms with Crippen molar-refractivity contribution in [3.63, 3.8) is 0 Å². The molecule has 8 heteroatoms. The second kappa shape index (κ2) is 7.20. The lowest BCUT2D eigenvalue weighted by Gasteiger charge is -2.26. The van der Waals surface area contributed by atoms with Crippen LogP contribution < -0.4 is 10.2 Å². The van der Waals surface area contributed by atoms with E-state index in [-0.39, 0.29) is 18.1 Å². The Balaban J connectivity index is 1.61. The summed E-state index contributed by atoms with van der Waals surface area (Å²) in [4.78, 5) is 25.2. The predicted octanol–water partition coefficient (Wildman–Crippen LogP) is -0.628. The smallest absolute Gasteiger partial charge is 0.254 e.